The first-order chi connectivity index (χ1) is 9.38. The van der Waals surface area contributed by atoms with E-state index in [0.717, 1.165) is 17.8 Å². The summed E-state index contributed by atoms with van der Waals surface area (Å²) in [5.41, 5.74) is -0.100. The Hall–Kier alpha value is -0.349. The van der Waals surface area contributed by atoms with Gasteiger partial charge in [-0.1, -0.05) is 11.5 Å². The van der Waals surface area contributed by atoms with Crippen molar-refractivity contribution in [1.29, 1.82) is 0 Å². The van der Waals surface area contributed by atoms with Crippen LogP contribution in [0, 0.1) is 5.82 Å². The first kappa shape index (κ1) is 18.7. The summed E-state index contributed by atoms with van der Waals surface area (Å²) in [4.78, 5) is 0. The molecule has 1 aromatic heterocycles. The average Bonchev–Trinajstić information content (AvgIpc) is 2.74. The third-order valence-corrected chi connectivity index (χ3v) is 2.87. The molecule has 0 spiro atoms. The molecule has 0 bridgehead atoms. The van der Waals surface area contributed by atoms with Crippen LogP contribution in [0.5, 0.6) is 5.75 Å². The van der Waals surface area contributed by atoms with Crippen LogP contribution in [-0.4, -0.2) is 23.4 Å². The molecule has 0 fully saturated rings. The maximum atomic E-state index is 13.0. The molecule has 21 heavy (non-hydrogen) atoms. The van der Waals surface area contributed by atoms with Crippen molar-refractivity contribution in [2.24, 2.45) is 7.05 Å². The SMILES string of the molecule is Cn1nccc1CCOc1cc(F)ccc1[B-](F)(F)F.[K+]. The van der Waals surface area contributed by atoms with Crippen LogP contribution in [0.1, 0.15) is 5.69 Å². The monoisotopic (exact) mass is 326 g/mol. The van der Waals surface area contributed by atoms with E-state index >= 15 is 0 Å². The number of hydrogen-bond acceptors (Lipinski definition) is 2. The Labute approximate surface area is 162 Å². The van der Waals surface area contributed by atoms with E-state index < -0.39 is 24.0 Å². The van der Waals surface area contributed by atoms with Crippen molar-refractivity contribution < 1.29 is 73.5 Å². The Morgan fingerprint density at radius 1 is 1.24 bits per heavy atom. The Bertz CT molecular complexity index is 603. The standard InChI is InChI=1S/C12H12BF4N2O.K/c1-19-10(4-6-18-19)5-7-20-12-8-9(14)2-3-11(12)13(15,16)17;/h2-4,6,8H,5,7H2,1H3;/q-1;+1. The first-order valence-electron chi connectivity index (χ1n) is 5.97. The number of nitrogens with zero attached hydrogens (tertiary/aromatic N) is 2. The number of hydrogen-bond donors (Lipinski definition) is 0. The molecule has 0 saturated heterocycles. The van der Waals surface area contributed by atoms with Gasteiger partial charge in [0, 0.05) is 31.4 Å². The second kappa shape index (κ2) is 7.78. The van der Waals surface area contributed by atoms with Crippen molar-refractivity contribution in [3.05, 3.63) is 42.0 Å². The number of aromatic nitrogens is 2. The van der Waals surface area contributed by atoms with Gasteiger partial charge in [-0.2, -0.15) is 5.10 Å². The molecule has 0 aliphatic heterocycles. The van der Waals surface area contributed by atoms with Gasteiger partial charge in [0.1, 0.15) is 5.82 Å². The minimum atomic E-state index is -5.23. The van der Waals surface area contributed by atoms with Gasteiger partial charge in [0.25, 0.3) is 0 Å². The summed E-state index contributed by atoms with van der Waals surface area (Å²) >= 11 is 0. The Morgan fingerprint density at radius 3 is 2.52 bits per heavy atom. The summed E-state index contributed by atoms with van der Waals surface area (Å²) in [6.07, 6.45) is 1.97. The second-order valence-corrected chi connectivity index (χ2v) is 4.30. The molecule has 0 aliphatic carbocycles. The van der Waals surface area contributed by atoms with E-state index in [1.54, 1.807) is 24.0 Å². The van der Waals surface area contributed by atoms with Crippen molar-refractivity contribution in [3.63, 3.8) is 0 Å². The molecule has 2 rings (SSSR count). The van der Waals surface area contributed by atoms with Crippen molar-refractivity contribution in [3.8, 4) is 5.75 Å². The Balaban J connectivity index is 0.00000220. The molecular formula is C12H12BF4KN2O. The number of benzene rings is 1. The average molecular weight is 326 g/mol. The van der Waals surface area contributed by atoms with E-state index in [2.05, 4.69) is 5.10 Å². The fraction of sp³-hybridized carbons (Fsp3) is 0.250. The molecule has 1 aromatic carbocycles. The zero-order valence-corrected chi connectivity index (χ0v) is 14.8. The predicted octanol–water partition coefficient (Wildman–Crippen LogP) is -0.761. The summed E-state index contributed by atoms with van der Waals surface area (Å²) in [6.45, 7) is -5.22. The molecule has 0 unspecified atom stereocenters. The number of aryl methyl sites for hydroxylation is 1. The van der Waals surface area contributed by atoms with Crippen LogP contribution in [0.15, 0.2) is 30.5 Å². The first-order valence-corrected chi connectivity index (χ1v) is 5.97. The second-order valence-electron chi connectivity index (χ2n) is 4.30. The molecule has 0 saturated carbocycles. The maximum Gasteiger partial charge on any atom is 1.00 e. The molecule has 0 amide bonds. The van der Waals surface area contributed by atoms with E-state index in [9.17, 15) is 17.3 Å². The van der Waals surface area contributed by atoms with Gasteiger partial charge in [-0.3, -0.25) is 4.68 Å². The van der Waals surface area contributed by atoms with Gasteiger partial charge in [0.05, 0.1) is 12.4 Å². The zero-order chi connectivity index (χ0) is 14.8. The van der Waals surface area contributed by atoms with Gasteiger partial charge in [-0.05, 0) is 12.1 Å². The van der Waals surface area contributed by atoms with Gasteiger partial charge < -0.3 is 17.7 Å². The molecular weight excluding hydrogens is 314 g/mol. The van der Waals surface area contributed by atoms with Crippen LogP contribution in [-0.2, 0) is 13.5 Å². The van der Waals surface area contributed by atoms with Gasteiger partial charge in [-0.25, -0.2) is 4.39 Å². The van der Waals surface area contributed by atoms with E-state index in [4.69, 9.17) is 4.74 Å². The number of halogens is 4. The van der Waals surface area contributed by atoms with E-state index in [0.29, 0.717) is 12.5 Å². The Morgan fingerprint density at radius 2 is 1.95 bits per heavy atom. The maximum absolute atomic E-state index is 13.0. The van der Waals surface area contributed by atoms with E-state index in [-0.39, 0.29) is 58.0 Å². The third kappa shape index (κ3) is 5.10. The molecule has 1 heterocycles. The van der Waals surface area contributed by atoms with Crippen LogP contribution in [0.4, 0.5) is 17.3 Å². The minimum Gasteiger partial charge on any atom is -0.496 e. The van der Waals surface area contributed by atoms with E-state index in [1.807, 2.05) is 0 Å². The zero-order valence-electron chi connectivity index (χ0n) is 11.7. The largest absolute Gasteiger partial charge is 1.00 e. The van der Waals surface area contributed by atoms with Gasteiger partial charge in [0.15, 0.2) is 0 Å². The van der Waals surface area contributed by atoms with Crippen molar-refractivity contribution in [2.75, 3.05) is 6.61 Å². The number of ether oxygens (including phenoxy) is 1. The van der Waals surface area contributed by atoms with Crippen LogP contribution in [0.2, 0.25) is 0 Å². The van der Waals surface area contributed by atoms with Gasteiger partial charge in [0.2, 0.25) is 0 Å². The third-order valence-electron chi connectivity index (χ3n) is 2.87. The number of rotatable bonds is 5. The van der Waals surface area contributed by atoms with Gasteiger partial charge in [-0.15, -0.1) is 0 Å². The molecule has 0 radical (unpaired) electrons. The smallest absolute Gasteiger partial charge is 0.496 e. The van der Waals surface area contributed by atoms with Crippen LogP contribution < -0.4 is 61.6 Å². The predicted molar refractivity (Wildman–Crippen MR) is 67.5 cm³/mol. The van der Waals surface area contributed by atoms with Gasteiger partial charge >= 0.3 is 58.4 Å². The molecule has 0 atom stereocenters. The van der Waals surface area contributed by atoms with Crippen LogP contribution >= 0.6 is 0 Å². The fourth-order valence-corrected chi connectivity index (χ4v) is 1.82. The molecule has 0 aliphatic rings. The summed E-state index contributed by atoms with van der Waals surface area (Å²) in [7, 11) is 1.72. The minimum absolute atomic E-state index is 0. The molecule has 0 N–H and O–H groups in total. The molecule has 9 heteroatoms. The normalized spacial score (nSPS) is 11.1. The topological polar surface area (TPSA) is 27.1 Å². The van der Waals surface area contributed by atoms with Crippen molar-refractivity contribution in [1.82, 2.24) is 9.78 Å². The Kier molecular flexibility index (Phi) is 6.92. The quantitative estimate of drug-likeness (QED) is 0.534. The van der Waals surface area contributed by atoms with E-state index in [1.165, 1.54) is 0 Å². The summed E-state index contributed by atoms with van der Waals surface area (Å²) < 4.78 is 58.1. The summed E-state index contributed by atoms with van der Waals surface area (Å²) in [5.74, 6) is -1.23. The molecule has 3 nitrogen and oxygen atoms in total. The summed E-state index contributed by atoms with van der Waals surface area (Å²) in [6, 6.07) is 3.98. The van der Waals surface area contributed by atoms with Crippen LogP contribution in [0.3, 0.4) is 0 Å². The van der Waals surface area contributed by atoms with Crippen LogP contribution in [0.25, 0.3) is 0 Å². The molecule has 2 aromatic rings. The summed E-state index contributed by atoms with van der Waals surface area (Å²) in [5, 5.41) is 3.94. The fourth-order valence-electron chi connectivity index (χ4n) is 1.82. The molecule has 108 valence electrons. The van der Waals surface area contributed by atoms with Crippen molar-refractivity contribution >= 4 is 12.4 Å². The van der Waals surface area contributed by atoms with Crippen molar-refractivity contribution in [2.45, 2.75) is 6.42 Å².